The third kappa shape index (κ3) is 5.80. The molecule has 0 unspecified atom stereocenters. The second-order valence-corrected chi connectivity index (χ2v) is 8.02. The largest absolute Gasteiger partial charge is 0.497 e. The molecule has 2 aromatic carbocycles. The Bertz CT molecular complexity index is 1020. The Morgan fingerprint density at radius 1 is 1.13 bits per heavy atom. The van der Waals surface area contributed by atoms with E-state index in [0.717, 1.165) is 22.2 Å². The van der Waals surface area contributed by atoms with Crippen LogP contribution in [0.1, 0.15) is 11.1 Å². The van der Waals surface area contributed by atoms with Crippen molar-refractivity contribution >= 4 is 46.5 Å². The number of hydrogen-bond acceptors (Lipinski definition) is 6. The van der Waals surface area contributed by atoms with E-state index in [1.807, 2.05) is 0 Å². The molecule has 0 spiro atoms. The SMILES string of the molecule is COc1ccc(CC(=O)NCCN2C(=O)SC(=Cc3ccc(Cl)cc3)C2=O)c(OC)c1. The summed E-state index contributed by atoms with van der Waals surface area (Å²) in [6.45, 7) is 0.248. The van der Waals surface area contributed by atoms with E-state index in [-0.39, 0.29) is 36.6 Å². The van der Waals surface area contributed by atoms with Gasteiger partial charge in [0.25, 0.3) is 11.1 Å². The third-order valence-corrected chi connectivity index (χ3v) is 5.70. The third-order valence-electron chi connectivity index (χ3n) is 4.54. The first-order valence-corrected chi connectivity index (χ1v) is 10.6. The highest BCUT2D eigenvalue weighted by Crippen LogP contribution is 2.32. The quantitative estimate of drug-likeness (QED) is 0.604. The first kappa shape index (κ1) is 22.7. The number of hydrogen-bond donors (Lipinski definition) is 1. The number of imide groups is 1. The van der Waals surface area contributed by atoms with Gasteiger partial charge in [-0.05, 0) is 41.6 Å². The molecule has 162 valence electrons. The van der Waals surface area contributed by atoms with Gasteiger partial charge in [-0.2, -0.15) is 0 Å². The van der Waals surface area contributed by atoms with Crippen LogP contribution in [0.4, 0.5) is 4.79 Å². The molecule has 1 aliphatic rings. The summed E-state index contributed by atoms with van der Waals surface area (Å²) < 4.78 is 10.4. The summed E-state index contributed by atoms with van der Waals surface area (Å²) in [6.07, 6.45) is 1.75. The Labute approximate surface area is 189 Å². The van der Waals surface area contributed by atoms with E-state index in [1.165, 1.54) is 7.11 Å². The number of carbonyl (C=O) groups excluding carboxylic acids is 3. The molecule has 7 nitrogen and oxygen atoms in total. The van der Waals surface area contributed by atoms with E-state index in [1.54, 1.807) is 55.7 Å². The molecule has 0 atom stereocenters. The van der Waals surface area contributed by atoms with Crippen molar-refractivity contribution in [1.82, 2.24) is 10.2 Å². The number of thioether (sulfide) groups is 1. The van der Waals surface area contributed by atoms with Gasteiger partial charge in [-0.1, -0.05) is 29.8 Å². The first-order valence-electron chi connectivity index (χ1n) is 9.40. The zero-order valence-corrected chi connectivity index (χ0v) is 18.6. The number of amides is 3. The molecule has 1 heterocycles. The average molecular weight is 461 g/mol. The summed E-state index contributed by atoms with van der Waals surface area (Å²) in [5.41, 5.74) is 1.48. The second kappa shape index (κ2) is 10.4. The summed E-state index contributed by atoms with van der Waals surface area (Å²) in [4.78, 5) is 38.5. The monoisotopic (exact) mass is 460 g/mol. The van der Waals surface area contributed by atoms with Gasteiger partial charge in [0, 0.05) is 29.7 Å². The lowest BCUT2D eigenvalue weighted by Gasteiger charge is -2.14. The molecular weight excluding hydrogens is 440 g/mol. The van der Waals surface area contributed by atoms with E-state index < -0.39 is 0 Å². The highest BCUT2D eigenvalue weighted by Gasteiger charge is 2.34. The molecule has 0 bridgehead atoms. The predicted octanol–water partition coefficient (Wildman–Crippen LogP) is 3.75. The van der Waals surface area contributed by atoms with E-state index >= 15 is 0 Å². The summed E-state index contributed by atoms with van der Waals surface area (Å²) in [5.74, 6) is 0.558. The Morgan fingerprint density at radius 3 is 2.55 bits per heavy atom. The van der Waals surface area contributed by atoms with Crippen molar-refractivity contribution in [3.63, 3.8) is 0 Å². The van der Waals surface area contributed by atoms with Crippen LogP contribution < -0.4 is 14.8 Å². The Hall–Kier alpha value is -2.97. The first-order chi connectivity index (χ1) is 14.9. The molecule has 1 fully saturated rings. The maximum atomic E-state index is 12.5. The van der Waals surface area contributed by atoms with Crippen LogP contribution in [0.5, 0.6) is 11.5 Å². The highest BCUT2D eigenvalue weighted by molar-refractivity contribution is 8.18. The van der Waals surface area contributed by atoms with Crippen LogP contribution in [0.25, 0.3) is 6.08 Å². The molecule has 3 amide bonds. The lowest BCUT2D eigenvalue weighted by Crippen LogP contribution is -2.37. The normalized spacial score (nSPS) is 14.8. The van der Waals surface area contributed by atoms with Gasteiger partial charge in [-0.15, -0.1) is 0 Å². The average Bonchev–Trinajstić information content (AvgIpc) is 3.03. The van der Waals surface area contributed by atoms with Crippen molar-refractivity contribution < 1.29 is 23.9 Å². The van der Waals surface area contributed by atoms with Gasteiger partial charge < -0.3 is 14.8 Å². The fraction of sp³-hybridized carbons (Fsp3) is 0.227. The summed E-state index contributed by atoms with van der Waals surface area (Å²) >= 11 is 6.74. The zero-order valence-electron chi connectivity index (χ0n) is 17.0. The van der Waals surface area contributed by atoms with Crippen LogP contribution in [-0.4, -0.2) is 49.3 Å². The molecule has 1 saturated heterocycles. The van der Waals surface area contributed by atoms with Crippen molar-refractivity contribution in [2.24, 2.45) is 0 Å². The van der Waals surface area contributed by atoms with Gasteiger partial charge in [-0.25, -0.2) is 0 Å². The topological polar surface area (TPSA) is 84.9 Å². The summed E-state index contributed by atoms with van der Waals surface area (Å²) in [5, 5.41) is 2.96. The van der Waals surface area contributed by atoms with Crippen LogP contribution in [-0.2, 0) is 16.0 Å². The number of nitrogens with zero attached hydrogens (tertiary/aromatic N) is 1. The Balaban J connectivity index is 1.54. The van der Waals surface area contributed by atoms with Crippen molar-refractivity contribution in [3.8, 4) is 11.5 Å². The molecule has 1 N–H and O–H groups in total. The zero-order chi connectivity index (χ0) is 22.4. The fourth-order valence-electron chi connectivity index (χ4n) is 2.94. The fourth-order valence-corrected chi connectivity index (χ4v) is 3.93. The predicted molar refractivity (Wildman–Crippen MR) is 120 cm³/mol. The molecule has 0 saturated carbocycles. The number of ether oxygens (including phenoxy) is 2. The maximum absolute atomic E-state index is 12.5. The van der Waals surface area contributed by atoms with Crippen molar-refractivity contribution in [1.29, 1.82) is 0 Å². The van der Waals surface area contributed by atoms with Gasteiger partial charge in [0.2, 0.25) is 5.91 Å². The standard InChI is InChI=1S/C22H21ClN2O5S/c1-29-17-8-5-15(18(13-17)30-2)12-20(26)24-9-10-25-21(27)19(31-22(25)28)11-14-3-6-16(23)7-4-14/h3-8,11,13H,9-10,12H2,1-2H3,(H,24,26). The molecule has 0 aromatic heterocycles. The minimum Gasteiger partial charge on any atom is -0.497 e. The lowest BCUT2D eigenvalue weighted by molar-refractivity contribution is -0.124. The number of rotatable bonds is 8. The second-order valence-electron chi connectivity index (χ2n) is 6.59. The van der Waals surface area contributed by atoms with Crippen molar-refractivity contribution in [2.45, 2.75) is 6.42 Å². The van der Waals surface area contributed by atoms with Crippen molar-refractivity contribution in [3.05, 3.63) is 63.5 Å². The molecular formula is C22H21ClN2O5S. The van der Waals surface area contributed by atoms with Crippen LogP contribution >= 0.6 is 23.4 Å². The Kier molecular flexibility index (Phi) is 7.59. The Morgan fingerprint density at radius 2 is 1.87 bits per heavy atom. The summed E-state index contributed by atoms with van der Waals surface area (Å²) in [7, 11) is 3.07. The highest BCUT2D eigenvalue weighted by atomic mass is 35.5. The molecule has 1 aliphatic heterocycles. The number of benzene rings is 2. The molecule has 2 aromatic rings. The molecule has 9 heteroatoms. The van der Waals surface area contributed by atoms with Gasteiger partial charge >= 0.3 is 0 Å². The number of nitrogens with one attached hydrogen (secondary N) is 1. The number of halogens is 1. The van der Waals surface area contributed by atoms with Crippen molar-refractivity contribution in [2.75, 3.05) is 27.3 Å². The minimum atomic E-state index is -0.379. The van der Waals surface area contributed by atoms with E-state index in [0.29, 0.717) is 27.0 Å². The van der Waals surface area contributed by atoms with Crippen LogP contribution in [0.3, 0.4) is 0 Å². The smallest absolute Gasteiger partial charge is 0.293 e. The van der Waals surface area contributed by atoms with Gasteiger partial charge in [-0.3, -0.25) is 19.3 Å². The number of carbonyl (C=O) groups is 3. The van der Waals surface area contributed by atoms with E-state index in [2.05, 4.69) is 5.32 Å². The molecule has 0 aliphatic carbocycles. The molecule has 3 rings (SSSR count). The molecule has 0 radical (unpaired) electrons. The van der Waals surface area contributed by atoms with Crippen LogP contribution in [0.2, 0.25) is 5.02 Å². The molecule has 31 heavy (non-hydrogen) atoms. The minimum absolute atomic E-state index is 0.0914. The van der Waals surface area contributed by atoms with Gasteiger partial charge in [0.05, 0.1) is 25.5 Å². The summed E-state index contributed by atoms with van der Waals surface area (Å²) in [6, 6.07) is 12.2. The maximum Gasteiger partial charge on any atom is 0.293 e. The van der Waals surface area contributed by atoms with Gasteiger partial charge in [0.1, 0.15) is 11.5 Å². The lowest BCUT2D eigenvalue weighted by atomic mass is 10.1. The van der Waals surface area contributed by atoms with Crippen LogP contribution in [0, 0.1) is 0 Å². The van der Waals surface area contributed by atoms with Gasteiger partial charge in [0.15, 0.2) is 0 Å². The van der Waals surface area contributed by atoms with E-state index in [4.69, 9.17) is 21.1 Å². The van der Waals surface area contributed by atoms with E-state index in [9.17, 15) is 14.4 Å². The van der Waals surface area contributed by atoms with Crippen LogP contribution in [0.15, 0.2) is 47.4 Å². The number of methoxy groups -OCH3 is 2.